The van der Waals surface area contributed by atoms with Crippen molar-refractivity contribution in [1.82, 2.24) is 10.3 Å². The summed E-state index contributed by atoms with van der Waals surface area (Å²) in [7, 11) is 3.37. The highest BCUT2D eigenvalue weighted by Crippen LogP contribution is 2.16. The van der Waals surface area contributed by atoms with Gasteiger partial charge in [0.1, 0.15) is 11.5 Å². The lowest BCUT2D eigenvalue weighted by Gasteiger charge is -2.12. The van der Waals surface area contributed by atoms with Crippen LogP contribution in [0.3, 0.4) is 0 Å². The Morgan fingerprint density at radius 2 is 2.28 bits per heavy atom. The summed E-state index contributed by atoms with van der Waals surface area (Å²) in [5.41, 5.74) is 0.230. The number of rotatable bonds is 6. The lowest BCUT2D eigenvalue weighted by Crippen LogP contribution is -2.30. The molecule has 1 amide bonds. The number of pyridine rings is 1. The number of ether oxygens (including phenoxy) is 1. The predicted molar refractivity (Wildman–Crippen MR) is 72.2 cm³/mol. The van der Waals surface area contributed by atoms with E-state index in [0.29, 0.717) is 24.0 Å². The van der Waals surface area contributed by atoms with Crippen molar-refractivity contribution >= 4 is 23.3 Å². The van der Waals surface area contributed by atoms with Crippen LogP contribution in [0.1, 0.15) is 17.4 Å². The SMILES string of the molecule is CNc1ccc(Cl)c(C(=O)NCC(C)COC)n1. The van der Waals surface area contributed by atoms with Gasteiger partial charge in [-0.3, -0.25) is 4.79 Å². The summed E-state index contributed by atoms with van der Waals surface area (Å²) in [5, 5.41) is 5.99. The molecule has 100 valence electrons. The number of carbonyl (C=O) groups is 1. The first-order valence-electron chi connectivity index (χ1n) is 5.70. The minimum atomic E-state index is -0.278. The summed E-state index contributed by atoms with van der Waals surface area (Å²) in [5.74, 6) is 0.569. The molecule has 0 saturated heterocycles. The molecule has 0 saturated carbocycles. The molecule has 1 atom stereocenters. The molecule has 1 unspecified atom stereocenters. The lowest BCUT2D eigenvalue weighted by atomic mass is 10.2. The molecular formula is C12H18ClN3O2. The topological polar surface area (TPSA) is 63.2 Å². The van der Waals surface area contributed by atoms with Crippen LogP contribution in [0.2, 0.25) is 5.02 Å². The monoisotopic (exact) mass is 271 g/mol. The van der Waals surface area contributed by atoms with Crippen LogP contribution in [0.15, 0.2) is 12.1 Å². The second kappa shape index (κ2) is 7.18. The van der Waals surface area contributed by atoms with Gasteiger partial charge in [0.05, 0.1) is 11.6 Å². The highest BCUT2D eigenvalue weighted by atomic mass is 35.5. The van der Waals surface area contributed by atoms with Crippen LogP contribution in [0.5, 0.6) is 0 Å². The zero-order valence-corrected chi connectivity index (χ0v) is 11.5. The first kappa shape index (κ1) is 14.7. The average Bonchev–Trinajstić information content (AvgIpc) is 2.37. The van der Waals surface area contributed by atoms with E-state index in [4.69, 9.17) is 16.3 Å². The number of carbonyl (C=O) groups excluding carboxylic acids is 1. The maximum Gasteiger partial charge on any atom is 0.271 e. The van der Waals surface area contributed by atoms with Gasteiger partial charge >= 0.3 is 0 Å². The van der Waals surface area contributed by atoms with Crippen LogP contribution >= 0.6 is 11.6 Å². The summed E-state index contributed by atoms with van der Waals surface area (Å²) < 4.78 is 5.00. The van der Waals surface area contributed by atoms with Gasteiger partial charge in [-0.2, -0.15) is 0 Å². The number of methoxy groups -OCH3 is 1. The van der Waals surface area contributed by atoms with Crippen molar-refractivity contribution in [1.29, 1.82) is 0 Å². The first-order chi connectivity index (χ1) is 8.58. The lowest BCUT2D eigenvalue weighted by molar-refractivity contribution is 0.0929. The van der Waals surface area contributed by atoms with Crippen molar-refractivity contribution in [3.8, 4) is 0 Å². The third-order valence-electron chi connectivity index (χ3n) is 2.38. The molecule has 18 heavy (non-hydrogen) atoms. The summed E-state index contributed by atoms with van der Waals surface area (Å²) >= 11 is 5.95. The second-order valence-corrected chi connectivity index (χ2v) is 4.45. The van der Waals surface area contributed by atoms with Crippen LogP contribution in [-0.2, 0) is 4.74 Å². The van der Waals surface area contributed by atoms with E-state index in [1.807, 2.05) is 6.92 Å². The molecule has 0 aliphatic heterocycles. The van der Waals surface area contributed by atoms with Crippen molar-refractivity contribution in [2.45, 2.75) is 6.92 Å². The normalized spacial score (nSPS) is 12.0. The van der Waals surface area contributed by atoms with Crippen LogP contribution in [-0.4, -0.2) is 38.2 Å². The van der Waals surface area contributed by atoms with E-state index in [-0.39, 0.29) is 17.5 Å². The quantitative estimate of drug-likeness (QED) is 0.828. The van der Waals surface area contributed by atoms with Gasteiger partial charge in [0, 0.05) is 20.7 Å². The van der Waals surface area contributed by atoms with E-state index in [9.17, 15) is 4.79 Å². The van der Waals surface area contributed by atoms with Crippen LogP contribution < -0.4 is 10.6 Å². The van der Waals surface area contributed by atoms with Crippen LogP contribution in [0.25, 0.3) is 0 Å². The Hall–Kier alpha value is -1.33. The number of halogens is 1. The van der Waals surface area contributed by atoms with Crippen molar-refractivity contribution in [3.63, 3.8) is 0 Å². The fourth-order valence-corrected chi connectivity index (χ4v) is 1.63. The molecule has 2 N–H and O–H groups in total. The number of amides is 1. The number of nitrogens with zero attached hydrogens (tertiary/aromatic N) is 1. The number of nitrogens with one attached hydrogen (secondary N) is 2. The Morgan fingerprint density at radius 3 is 2.89 bits per heavy atom. The van der Waals surface area contributed by atoms with Crippen molar-refractivity contribution < 1.29 is 9.53 Å². The zero-order valence-electron chi connectivity index (χ0n) is 10.8. The zero-order chi connectivity index (χ0) is 13.5. The van der Waals surface area contributed by atoms with Gasteiger partial charge in [-0.05, 0) is 18.1 Å². The maximum absolute atomic E-state index is 11.9. The smallest absolute Gasteiger partial charge is 0.271 e. The molecule has 6 heteroatoms. The predicted octanol–water partition coefficient (Wildman–Crippen LogP) is 1.79. The van der Waals surface area contributed by atoms with Gasteiger partial charge < -0.3 is 15.4 Å². The third-order valence-corrected chi connectivity index (χ3v) is 2.68. The summed E-state index contributed by atoms with van der Waals surface area (Å²) in [4.78, 5) is 16.0. The van der Waals surface area contributed by atoms with Crippen molar-refractivity contribution in [2.24, 2.45) is 5.92 Å². The van der Waals surface area contributed by atoms with Gasteiger partial charge in [-0.15, -0.1) is 0 Å². The molecule has 1 rings (SSSR count). The molecular weight excluding hydrogens is 254 g/mol. The Morgan fingerprint density at radius 1 is 1.56 bits per heavy atom. The van der Waals surface area contributed by atoms with E-state index in [0.717, 1.165) is 0 Å². The molecule has 5 nitrogen and oxygen atoms in total. The number of hydrogen-bond acceptors (Lipinski definition) is 4. The third kappa shape index (κ3) is 4.16. The summed E-state index contributed by atoms with van der Waals surface area (Å²) in [6, 6.07) is 3.36. The Balaban J connectivity index is 2.66. The standard InChI is InChI=1S/C12H18ClN3O2/c1-8(7-18-3)6-15-12(17)11-9(13)4-5-10(14-2)16-11/h4-5,8H,6-7H2,1-3H3,(H,14,16)(H,15,17). The number of anilines is 1. The Kier molecular flexibility index (Phi) is 5.88. The van der Waals surface area contributed by atoms with E-state index in [1.54, 1.807) is 26.3 Å². The number of hydrogen-bond donors (Lipinski definition) is 2. The van der Waals surface area contributed by atoms with E-state index in [1.165, 1.54) is 0 Å². The molecule has 0 aliphatic rings. The molecule has 0 aliphatic carbocycles. The second-order valence-electron chi connectivity index (χ2n) is 4.05. The van der Waals surface area contributed by atoms with E-state index < -0.39 is 0 Å². The average molecular weight is 272 g/mol. The van der Waals surface area contributed by atoms with Gasteiger partial charge in [-0.25, -0.2) is 4.98 Å². The molecule has 0 spiro atoms. The molecule has 0 radical (unpaired) electrons. The van der Waals surface area contributed by atoms with Gasteiger partial charge in [0.15, 0.2) is 0 Å². The largest absolute Gasteiger partial charge is 0.384 e. The van der Waals surface area contributed by atoms with Gasteiger partial charge in [0.25, 0.3) is 5.91 Å². The van der Waals surface area contributed by atoms with E-state index in [2.05, 4.69) is 15.6 Å². The fraction of sp³-hybridized carbons (Fsp3) is 0.500. The summed E-state index contributed by atoms with van der Waals surface area (Å²) in [6.45, 7) is 3.11. The van der Waals surface area contributed by atoms with E-state index >= 15 is 0 Å². The number of aromatic nitrogens is 1. The molecule has 0 bridgehead atoms. The maximum atomic E-state index is 11.9. The molecule has 0 aromatic carbocycles. The molecule has 1 heterocycles. The van der Waals surface area contributed by atoms with Crippen molar-refractivity contribution in [3.05, 3.63) is 22.8 Å². The molecule has 1 aromatic heterocycles. The van der Waals surface area contributed by atoms with Gasteiger partial charge in [0.2, 0.25) is 0 Å². The highest BCUT2D eigenvalue weighted by Gasteiger charge is 2.13. The summed E-state index contributed by atoms with van der Waals surface area (Å²) in [6.07, 6.45) is 0. The van der Waals surface area contributed by atoms with Crippen LogP contribution in [0.4, 0.5) is 5.82 Å². The highest BCUT2D eigenvalue weighted by molar-refractivity contribution is 6.33. The van der Waals surface area contributed by atoms with Gasteiger partial charge in [-0.1, -0.05) is 18.5 Å². The Labute approximate surface area is 112 Å². The van der Waals surface area contributed by atoms with Crippen LogP contribution in [0, 0.1) is 5.92 Å². The molecule has 0 fully saturated rings. The minimum Gasteiger partial charge on any atom is -0.384 e. The van der Waals surface area contributed by atoms with Crippen molar-refractivity contribution in [2.75, 3.05) is 32.6 Å². The minimum absolute atomic E-state index is 0.230. The Bertz CT molecular complexity index is 412. The molecule has 1 aromatic rings. The fourth-order valence-electron chi connectivity index (χ4n) is 1.43. The first-order valence-corrected chi connectivity index (χ1v) is 6.07.